The van der Waals surface area contributed by atoms with Crippen molar-refractivity contribution in [1.82, 2.24) is 14.9 Å². The molecule has 0 aromatic carbocycles. The molecule has 0 radical (unpaired) electrons. The average Bonchev–Trinajstić information content (AvgIpc) is 2.45. The molecule has 0 spiro atoms. The van der Waals surface area contributed by atoms with E-state index in [4.69, 9.17) is 4.74 Å². The Morgan fingerprint density at radius 3 is 2.43 bits per heavy atom. The van der Waals surface area contributed by atoms with E-state index >= 15 is 0 Å². The van der Waals surface area contributed by atoms with E-state index in [-0.39, 0.29) is 0 Å². The first-order chi connectivity index (χ1) is 10.1. The highest BCUT2D eigenvalue weighted by atomic mass is 16.5. The molecule has 2 N–H and O–H groups in total. The number of anilines is 2. The van der Waals surface area contributed by atoms with Crippen LogP contribution in [0.2, 0.25) is 0 Å². The minimum atomic E-state index is 0.313. The number of aromatic nitrogens is 2. The first kappa shape index (κ1) is 17.7. The van der Waals surface area contributed by atoms with E-state index < -0.39 is 0 Å². The lowest BCUT2D eigenvalue weighted by atomic mass is 10.2. The summed E-state index contributed by atoms with van der Waals surface area (Å²) in [4.78, 5) is 11.3. The summed E-state index contributed by atoms with van der Waals surface area (Å²) in [5, 5.41) is 6.62. The Balaban J connectivity index is 2.57. The van der Waals surface area contributed by atoms with Gasteiger partial charge in [-0.3, -0.25) is 0 Å². The zero-order chi connectivity index (χ0) is 15.7. The van der Waals surface area contributed by atoms with Gasteiger partial charge >= 0.3 is 0 Å². The number of methoxy groups -OCH3 is 1. The number of likely N-dealkylation sites (N-methyl/N-ethyl adjacent to an activating group) is 1. The third-order valence-corrected chi connectivity index (χ3v) is 3.09. The monoisotopic (exact) mass is 295 g/mol. The molecule has 0 aliphatic rings. The highest BCUT2D eigenvalue weighted by Crippen LogP contribution is 2.16. The Kier molecular flexibility index (Phi) is 8.00. The minimum Gasteiger partial charge on any atom is -0.383 e. The summed E-state index contributed by atoms with van der Waals surface area (Å²) in [7, 11) is 3.81. The van der Waals surface area contributed by atoms with Crippen LogP contribution in [0.3, 0.4) is 0 Å². The summed E-state index contributed by atoms with van der Waals surface area (Å²) in [6.45, 7) is 10.6. The van der Waals surface area contributed by atoms with Crippen LogP contribution >= 0.6 is 0 Å². The molecule has 1 aromatic heterocycles. The molecule has 0 atom stereocenters. The van der Waals surface area contributed by atoms with E-state index in [1.54, 1.807) is 7.11 Å². The van der Waals surface area contributed by atoms with Gasteiger partial charge in [-0.1, -0.05) is 13.8 Å². The van der Waals surface area contributed by atoms with Crippen LogP contribution in [-0.2, 0) is 4.74 Å². The topological polar surface area (TPSA) is 62.3 Å². The fraction of sp³-hybridized carbons (Fsp3) is 0.733. The van der Waals surface area contributed by atoms with E-state index in [0.29, 0.717) is 5.92 Å². The zero-order valence-corrected chi connectivity index (χ0v) is 13.9. The Morgan fingerprint density at radius 2 is 1.86 bits per heavy atom. The fourth-order valence-corrected chi connectivity index (χ4v) is 1.82. The maximum Gasteiger partial charge on any atom is 0.135 e. The van der Waals surface area contributed by atoms with Crippen molar-refractivity contribution in [1.29, 1.82) is 0 Å². The zero-order valence-electron chi connectivity index (χ0n) is 13.9. The number of nitrogens with one attached hydrogen (secondary N) is 2. The Hall–Kier alpha value is -1.40. The molecule has 0 saturated carbocycles. The molecule has 0 saturated heterocycles. The predicted octanol–water partition coefficient (Wildman–Crippen LogP) is 2.02. The number of hydrogen-bond donors (Lipinski definition) is 2. The van der Waals surface area contributed by atoms with Crippen LogP contribution in [0.4, 0.5) is 11.6 Å². The maximum absolute atomic E-state index is 5.07. The highest BCUT2D eigenvalue weighted by Gasteiger charge is 2.07. The van der Waals surface area contributed by atoms with E-state index in [1.807, 2.05) is 6.07 Å². The Morgan fingerprint density at radius 1 is 1.19 bits per heavy atom. The molecule has 0 unspecified atom stereocenters. The van der Waals surface area contributed by atoms with Crippen LogP contribution in [0.25, 0.3) is 0 Å². The van der Waals surface area contributed by atoms with Gasteiger partial charge in [-0.25, -0.2) is 9.97 Å². The van der Waals surface area contributed by atoms with Gasteiger partial charge in [0.05, 0.1) is 6.61 Å². The smallest absolute Gasteiger partial charge is 0.135 e. The van der Waals surface area contributed by atoms with Crippen LogP contribution < -0.4 is 10.6 Å². The van der Waals surface area contributed by atoms with Crippen LogP contribution in [0.5, 0.6) is 0 Å². The fourth-order valence-electron chi connectivity index (χ4n) is 1.82. The second-order valence-corrected chi connectivity index (χ2v) is 5.40. The van der Waals surface area contributed by atoms with Crippen molar-refractivity contribution in [3.8, 4) is 0 Å². The third kappa shape index (κ3) is 6.73. The molecular formula is C15H29N5O. The molecule has 1 rings (SSSR count). The van der Waals surface area contributed by atoms with Gasteiger partial charge in [0.1, 0.15) is 17.5 Å². The SMILES string of the molecule is CCNc1cc(NCCN(C)CCOC)nc(C(C)C)n1. The van der Waals surface area contributed by atoms with Gasteiger partial charge in [-0.2, -0.15) is 0 Å². The van der Waals surface area contributed by atoms with E-state index in [2.05, 4.69) is 53.3 Å². The van der Waals surface area contributed by atoms with Crippen LogP contribution in [0.1, 0.15) is 32.5 Å². The molecule has 0 bridgehead atoms. The third-order valence-electron chi connectivity index (χ3n) is 3.09. The van der Waals surface area contributed by atoms with E-state index in [9.17, 15) is 0 Å². The lowest BCUT2D eigenvalue weighted by molar-refractivity contribution is 0.163. The number of rotatable bonds is 10. The number of nitrogens with zero attached hydrogens (tertiary/aromatic N) is 3. The summed E-state index contributed by atoms with van der Waals surface area (Å²) < 4.78 is 5.07. The van der Waals surface area contributed by atoms with E-state index in [1.165, 1.54) is 0 Å². The van der Waals surface area contributed by atoms with Gasteiger partial charge in [-0.05, 0) is 14.0 Å². The van der Waals surface area contributed by atoms with Crippen LogP contribution in [-0.4, -0.2) is 61.8 Å². The van der Waals surface area contributed by atoms with Crippen molar-refractivity contribution in [2.45, 2.75) is 26.7 Å². The van der Waals surface area contributed by atoms with E-state index in [0.717, 1.165) is 50.2 Å². The molecule has 1 heterocycles. The van der Waals surface area contributed by atoms with Crippen LogP contribution in [0.15, 0.2) is 6.07 Å². The Labute approximate surface area is 128 Å². The summed E-state index contributed by atoms with van der Waals surface area (Å²) in [5.74, 6) is 2.94. The van der Waals surface area contributed by atoms with Crippen molar-refractivity contribution >= 4 is 11.6 Å². The van der Waals surface area contributed by atoms with Crippen molar-refractivity contribution in [3.05, 3.63) is 11.9 Å². The molecule has 6 nitrogen and oxygen atoms in total. The van der Waals surface area contributed by atoms with Gasteiger partial charge in [0.2, 0.25) is 0 Å². The summed E-state index contributed by atoms with van der Waals surface area (Å²) in [6.07, 6.45) is 0. The molecule has 0 fully saturated rings. The summed E-state index contributed by atoms with van der Waals surface area (Å²) >= 11 is 0. The van der Waals surface area contributed by atoms with Crippen molar-refractivity contribution in [2.75, 3.05) is 57.6 Å². The first-order valence-corrected chi connectivity index (χ1v) is 7.61. The molecular weight excluding hydrogens is 266 g/mol. The van der Waals surface area contributed by atoms with Gasteiger partial charge < -0.3 is 20.3 Å². The quantitative estimate of drug-likeness (QED) is 0.688. The van der Waals surface area contributed by atoms with Crippen molar-refractivity contribution in [3.63, 3.8) is 0 Å². The van der Waals surface area contributed by atoms with Gasteiger partial charge in [0.25, 0.3) is 0 Å². The highest BCUT2D eigenvalue weighted by molar-refractivity contribution is 5.47. The molecule has 1 aromatic rings. The lowest BCUT2D eigenvalue weighted by Crippen LogP contribution is -2.28. The first-order valence-electron chi connectivity index (χ1n) is 7.61. The molecule has 0 aliphatic carbocycles. The molecule has 120 valence electrons. The molecule has 21 heavy (non-hydrogen) atoms. The van der Waals surface area contributed by atoms with Gasteiger partial charge in [-0.15, -0.1) is 0 Å². The normalized spacial score (nSPS) is 11.2. The predicted molar refractivity (Wildman–Crippen MR) is 88.1 cm³/mol. The van der Waals surface area contributed by atoms with Gasteiger partial charge in [0, 0.05) is 45.3 Å². The van der Waals surface area contributed by atoms with Crippen molar-refractivity contribution in [2.24, 2.45) is 0 Å². The summed E-state index contributed by atoms with van der Waals surface area (Å²) in [6, 6.07) is 1.96. The second kappa shape index (κ2) is 9.52. The lowest BCUT2D eigenvalue weighted by Gasteiger charge is -2.17. The molecule has 6 heteroatoms. The molecule has 0 amide bonds. The summed E-state index contributed by atoms with van der Waals surface area (Å²) in [5.41, 5.74) is 0. The number of hydrogen-bond acceptors (Lipinski definition) is 6. The standard InChI is InChI=1S/C15H29N5O/c1-6-16-13-11-14(19-15(18-13)12(2)3)17-7-8-20(4)9-10-21-5/h11-12H,6-10H2,1-5H3,(H2,16,17,18,19). The Bertz CT molecular complexity index is 411. The minimum absolute atomic E-state index is 0.313. The second-order valence-electron chi connectivity index (χ2n) is 5.40. The van der Waals surface area contributed by atoms with Crippen LogP contribution in [0, 0.1) is 0 Å². The maximum atomic E-state index is 5.07. The van der Waals surface area contributed by atoms with Gasteiger partial charge in [0.15, 0.2) is 0 Å². The number of ether oxygens (including phenoxy) is 1. The average molecular weight is 295 g/mol. The van der Waals surface area contributed by atoms with Crippen molar-refractivity contribution < 1.29 is 4.74 Å². The largest absolute Gasteiger partial charge is 0.383 e. The molecule has 0 aliphatic heterocycles.